The predicted molar refractivity (Wildman–Crippen MR) is 57.4 cm³/mol. The Morgan fingerprint density at radius 2 is 1.83 bits per heavy atom. The fourth-order valence-electron chi connectivity index (χ4n) is 1.25. The lowest BCUT2D eigenvalue weighted by atomic mass is 9.84. The first-order valence-electron chi connectivity index (χ1n) is 5.23. The summed E-state index contributed by atoms with van der Waals surface area (Å²) in [4.78, 5) is 0. The molecule has 0 bridgehead atoms. The molecule has 0 N–H and O–H groups in total. The van der Waals surface area contributed by atoms with Gasteiger partial charge in [0.1, 0.15) is 0 Å². The Labute approximate surface area is 78.1 Å². The summed E-state index contributed by atoms with van der Waals surface area (Å²) in [5.74, 6) is 0. The Morgan fingerprint density at radius 1 is 1.17 bits per heavy atom. The standard InChI is InChI=1S/C12H24/c1-5-7-8-9-10-11-12(3,4)6-2/h5H,1,6-11H2,2-4H3. The second kappa shape index (κ2) is 6.28. The monoisotopic (exact) mass is 168 g/mol. The predicted octanol–water partition coefficient (Wildman–Crippen LogP) is 4.56. The Kier molecular flexibility index (Phi) is 6.14. The van der Waals surface area contributed by atoms with Crippen LogP contribution in [-0.4, -0.2) is 0 Å². The van der Waals surface area contributed by atoms with Crippen molar-refractivity contribution in [2.24, 2.45) is 5.41 Å². The van der Waals surface area contributed by atoms with Gasteiger partial charge in [0.25, 0.3) is 0 Å². The molecule has 0 atom stereocenters. The van der Waals surface area contributed by atoms with Crippen molar-refractivity contribution in [2.45, 2.75) is 59.3 Å². The molecule has 0 unspecified atom stereocenters. The summed E-state index contributed by atoms with van der Waals surface area (Å²) in [7, 11) is 0. The first-order chi connectivity index (χ1) is 5.62. The zero-order valence-electron chi connectivity index (χ0n) is 9.03. The van der Waals surface area contributed by atoms with Crippen molar-refractivity contribution in [3.05, 3.63) is 12.7 Å². The lowest BCUT2D eigenvalue weighted by Gasteiger charge is -2.21. The molecule has 0 spiro atoms. The summed E-state index contributed by atoms with van der Waals surface area (Å²) in [5, 5.41) is 0. The van der Waals surface area contributed by atoms with E-state index in [0.717, 1.165) is 0 Å². The molecule has 0 rings (SSSR count). The third kappa shape index (κ3) is 6.45. The average Bonchev–Trinajstić information content (AvgIpc) is 2.04. The third-order valence-electron chi connectivity index (χ3n) is 2.72. The summed E-state index contributed by atoms with van der Waals surface area (Å²) < 4.78 is 0. The fourth-order valence-corrected chi connectivity index (χ4v) is 1.25. The Bertz CT molecular complexity index is 111. The van der Waals surface area contributed by atoms with Gasteiger partial charge in [-0.2, -0.15) is 0 Å². The van der Waals surface area contributed by atoms with Crippen LogP contribution in [0.2, 0.25) is 0 Å². The lowest BCUT2D eigenvalue weighted by Crippen LogP contribution is -2.08. The van der Waals surface area contributed by atoms with Gasteiger partial charge in [-0.3, -0.25) is 0 Å². The first-order valence-corrected chi connectivity index (χ1v) is 5.23. The topological polar surface area (TPSA) is 0 Å². The van der Waals surface area contributed by atoms with Crippen LogP contribution in [0.4, 0.5) is 0 Å². The molecular formula is C12H24. The molecular weight excluding hydrogens is 144 g/mol. The second-order valence-electron chi connectivity index (χ2n) is 4.41. The van der Waals surface area contributed by atoms with Gasteiger partial charge in [0.05, 0.1) is 0 Å². The molecule has 72 valence electrons. The Hall–Kier alpha value is -0.260. The zero-order valence-corrected chi connectivity index (χ0v) is 9.03. The number of hydrogen-bond donors (Lipinski definition) is 0. The molecule has 0 aromatic carbocycles. The molecule has 0 aliphatic carbocycles. The van der Waals surface area contributed by atoms with Crippen molar-refractivity contribution in [2.75, 3.05) is 0 Å². The minimum Gasteiger partial charge on any atom is -0.103 e. The van der Waals surface area contributed by atoms with Crippen LogP contribution in [0, 0.1) is 5.41 Å². The smallest absolute Gasteiger partial charge is 0.0353 e. The van der Waals surface area contributed by atoms with Crippen LogP contribution in [-0.2, 0) is 0 Å². The van der Waals surface area contributed by atoms with Crippen molar-refractivity contribution in [3.8, 4) is 0 Å². The summed E-state index contributed by atoms with van der Waals surface area (Å²) >= 11 is 0. The van der Waals surface area contributed by atoms with E-state index in [0.29, 0.717) is 5.41 Å². The maximum Gasteiger partial charge on any atom is -0.0353 e. The van der Waals surface area contributed by atoms with Gasteiger partial charge in [0.15, 0.2) is 0 Å². The van der Waals surface area contributed by atoms with Crippen LogP contribution in [0.3, 0.4) is 0 Å². The van der Waals surface area contributed by atoms with Crippen LogP contribution in [0.25, 0.3) is 0 Å². The molecule has 0 saturated carbocycles. The van der Waals surface area contributed by atoms with Crippen molar-refractivity contribution in [1.29, 1.82) is 0 Å². The van der Waals surface area contributed by atoms with Crippen molar-refractivity contribution >= 4 is 0 Å². The SMILES string of the molecule is C=CCCCCCC(C)(C)CC. The number of allylic oxidation sites excluding steroid dienone is 1. The molecule has 0 radical (unpaired) electrons. The maximum atomic E-state index is 3.72. The molecule has 0 heterocycles. The van der Waals surface area contributed by atoms with E-state index in [1.165, 1.54) is 38.5 Å². The third-order valence-corrected chi connectivity index (χ3v) is 2.72. The maximum absolute atomic E-state index is 3.72. The molecule has 0 heteroatoms. The summed E-state index contributed by atoms with van der Waals surface area (Å²) in [6.07, 6.45) is 9.96. The van der Waals surface area contributed by atoms with E-state index in [4.69, 9.17) is 0 Å². The van der Waals surface area contributed by atoms with E-state index in [2.05, 4.69) is 27.4 Å². The van der Waals surface area contributed by atoms with Gasteiger partial charge >= 0.3 is 0 Å². The molecule has 0 nitrogen and oxygen atoms in total. The summed E-state index contributed by atoms with van der Waals surface area (Å²) in [6, 6.07) is 0. The van der Waals surface area contributed by atoms with Crippen LogP contribution in [0.15, 0.2) is 12.7 Å². The Balaban J connectivity index is 3.24. The quantitative estimate of drug-likeness (QED) is 0.386. The van der Waals surface area contributed by atoms with Gasteiger partial charge in [0, 0.05) is 0 Å². The largest absolute Gasteiger partial charge is 0.103 e. The fraction of sp³-hybridized carbons (Fsp3) is 0.833. The van der Waals surface area contributed by atoms with Gasteiger partial charge < -0.3 is 0 Å². The van der Waals surface area contributed by atoms with Gasteiger partial charge in [-0.1, -0.05) is 46.1 Å². The molecule has 12 heavy (non-hydrogen) atoms. The molecule has 0 amide bonds. The second-order valence-corrected chi connectivity index (χ2v) is 4.41. The van der Waals surface area contributed by atoms with E-state index in [1.807, 2.05) is 6.08 Å². The van der Waals surface area contributed by atoms with Gasteiger partial charge in [-0.15, -0.1) is 6.58 Å². The van der Waals surface area contributed by atoms with Crippen molar-refractivity contribution < 1.29 is 0 Å². The highest BCUT2D eigenvalue weighted by atomic mass is 14.2. The van der Waals surface area contributed by atoms with E-state index >= 15 is 0 Å². The lowest BCUT2D eigenvalue weighted by molar-refractivity contribution is 0.308. The highest BCUT2D eigenvalue weighted by Crippen LogP contribution is 2.27. The minimum absolute atomic E-state index is 0.564. The van der Waals surface area contributed by atoms with Crippen LogP contribution in [0.1, 0.15) is 59.3 Å². The van der Waals surface area contributed by atoms with Crippen molar-refractivity contribution in [3.63, 3.8) is 0 Å². The van der Waals surface area contributed by atoms with Gasteiger partial charge in [-0.25, -0.2) is 0 Å². The van der Waals surface area contributed by atoms with Crippen LogP contribution < -0.4 is 0 Å². The molecule has 0 aliphatic rings. The van der Waals surface area contributed by atoms with E-state index < -0.39 is 0 Å². The normalized spacial score (nSPS) is 11.6. The first kappa shape index (κ1) is 11.7. The minimum atomic E-state index is 0.564. The average molecular weight is 168 g/mol. The number of unbranched alkanes of at least 4 members (excludes halogenated alkanes) is 3. The highest BCUT2D eigenvalue weighted by Gasteiger charge is 2.13. The number of hydrogen-bond acceptors (Lipinski definition) is 0. The highest BCUT2D eigenvalue weighted by molar-refractivity contribution is 4.68. The van der Waals surface area contributed by atoms with E-state index in [9.17, 15) is 0 Å². The Morgan fingerprint density at radius 3 is 2.33 bits per heavy atom. The van der Waals surface area contributed by atoms with Gasteiger partial charge in [-0.05, 0) is 24.7 Å². The molecule has 0 aliphatic heterocycles. The van der Waals surface area contributed by atoms with E-state index in [-0.39, 0.29) is 0 Å². The van der Waals surface area contributed by atoms with Crippen LogP contribution in [0.5, 0.6) is 0 Å². The van der Waals surface area contributed by atoms with Crippen molar-refractivity contribution in [1.82, 2.24) is 0 Å². The molecule has 0 fully saturated rings. The molecule has 0 aromatic heterocycles. The summed E-state index contributed by atoms with van der Waals surface area (Å²) in [5.41, 5.74) is 0.564. The zero-order chi connectivity index (χ0) is 9.45. The van der Waals surface area contributed by atoms with Crippen LogP contribution >= 0.6 is 0 Å². The summed E-state index contributed by atoms with van der Waals surface area (Å²) in [6.45, 7) is 10.7. The molecule has 0 aromatic rings. The number of rotatable bonds is 7. The van der Waals surface area contributed by atoms with E-state index in [1.54, 1.807) is 0 Å². The molecule has 0 saturated heterocycles. The van der Waals surface area contributed by atoms with Gasteiger partial charge in [0.2, 0.25) is 0 Å².